The van der Waals surface area contributed by atoms with E-state index < -0.39 is 11.5 Å². The number of nitrogens with one attached hydrogen (secondary N) is 1. The van der Waals surface area contributed by atoms with E-state index in [0.717, 1.165) is 24.3 Å². The Bertz CT molecular complexity index is 573. The zero-order valence-corrected chi connectivity index (χ0v) is 14.8. The lowest BCUT2D eigenvalue weighted by Gasteiger charge is -2.29. The van der Waals surface area contributed by atoms with Crippen LogP contribution < -0.4 is 10.2 Å². The largest absolute Gasteiger partial charge is 0.480 e. The van der Waals surface area contributed by atoms with Crippen molar-refractivity contribution in [1.82, 2.24) is 5.32 Å². The van der Waals surface area contributed by atoms with Crippen LogP contribution in [-0.4, -0.2) is 35.5 Å². The van der Waals surface area contributed by atoms with Crippen LogP contribution in [0.4, 0.5) is 5.69 Å². The Morgan fingerprint density at radius 1 is 1.25 bits per heavy atom. The number of carbonyl (C=O) groups excluding carboxylic acids is 1. The third kappa shape index (κ3) is 4.81. The highest BCUT2D eigenvalue weighted by molar-refractivity contribution is 5.81. The van der Waals surface area contributed by atoms with Gasteiger partial charge in [0.05, 0.1) is 0 Å². The molecule has 1 aromatic carbocycles. The lowest BCUT2D eigenvalue weighted by molar-refractivity contribution is -0.145. The van der Waals surface area contributed by atoms with Crippen LogP contribution >= 0.6 is 0 Å². The van der Waals surface area contributed by atoms with Crippen molar-refractivity contribution in [2.75, 3.05) is 18.0 Å². The Kier molecular flexibility index (Phi) is 5.99. The third-order valence-electron chi connectivity index (χ3n) is 4.59. The lowest BCUT2D eigenvalue weighted by Crippen LogP contribution is -2.49. The molecule has 2 N–H and O–H groups in total. The fraction of sp³-hybridized carbons (Fsp3) is 0.579. The Morgan fingerprint density at radius 3 is 2.33 bits per heavy atom. The van der Waals surface area contributed by atoms with Crippen molar-refractivity contribution in [3.63, 3.8) is 0 Å². The Morgan fingerprint density at radius 2 is 1.83 bits per heavy atom. The van der Waals surface area contributed by atoms with Gasteiger partial charge < -0.3 is 10.0 Å². The minimum Gasteiger partial charge on any atom is -0.480 e. The molecule has 24 heavy (non-hydrogen) atoms. The van der Waals surface area contributed by atoms with Crippen LogP contribution in [0.1, 0.15) is 45.6 Å². The fourth-order valence-corrected chi connectivity index (χ4v) is 3.19. The number of carbonyl (C=O) groups is 2. The number of hydrogen-bond donors (Lipinski definition) is 2. The van der Waals surface area contributed by atoms with Gasteiger partial charge in [-0.25, -0.2) is 0 Å². The molecule has 1 aliphatic rings. The number of aliphatic carboxylic acids is 1. The molecule has 0 amide bonds. The first-order valence-electron chi connectivity index (χ1n) is 8.64. The second kappa shape index (κ2) is 7.79. The molecule has 1 aromatic rings. The van der Waals surface area contributed by atoms with Crippen molar-refractivity contribution in [1.29, 1.82) is 0 Å². The van der Waals surface area contributed by atoms with Crippen LogP contribution in [0.3, 0.4) is 0 Å². The van der Waals surface area contributed by atoms with Gasteiger partial charge in [0, 0.05) is 38.2 Å². The molecule has 132 valence electrons. The molecule has 5 heteroatoms. The van der Waals surface area contributed by atoms with Gasteiger partial charge in [-0.2, -0.15) is 0 Å². The maximum atomic E-state index is 11.6. The smallest absolute Gasteiger partial charge is 0.323 e. The van der Waals surface area contributed by atoms with Crippen molar-refractivity contribution in [2.45, 2.75) is 52.1 Å². The van der Waals surface area contributed by atoms with Gasteiger partial charge >= 0.3 is 5.97 Å². The van der Waals surface area contributed by atoms with Crippen LogP contribution in [0, 0.1) is 5.92 Å². The van der Waals surface area contributed by atoms with E-state index in [1.807, 2.05) is 38.1 Å². The minimum atomic E-state index is -0.917. The molecular weight excluding hydrogens is 304 g/mol. The molecular formula is C19H28N2O3. The van der Waals surface area contributed by atoms with Crippen LogP contribution in [-0.2, 0) is 16.1 Å². The first kappa shape index (κ1) is 18.5. The Labute approximate surface area is 144 Å². The average molecular weight is 332 g/mol. The normalized spacial score (nSPS) is 17.8. The number of carboxylic acids is 1. The fourth-order valence-electron chi connectivity index (χ4n) is 3.19. The summed E-state index contributed by atoms with van der Waals surface area (Å²) in [7, 11) is 0. The van der Waals surface area contributed by atoms with E-state index >= 15 is 0 Å². The molecule has 0 saturated carbocycles. The summed E-state index contributed by atoms with van der Waals surface area (Å²) in [5.74, 6) is -0.168. The summed E-state index contributed by atoms with van der Waals surface area (Å²) >= 11 is 0. The van der Waals surface area contributed by atoms with Crippen molar-refractivity contribution in [2.24, 2.45) is 5.92 Å². The highest BCUT2D eigenvalue weighted by Crippen LogP contribution is 2.21. The van der Waals surface area contributed by atoms with Gasteiger partial charge in [-0.3, -0.25) is 14.9 Å². The number of carboxylic acid groups (broad SMARTS) is 1. The summed E-state index contributed by atoms with van der Waals surface area (Å²) in [5.41, 5.74) is 1.26. The number of nitrogens with zero attached hydrogens (tertiary/aromatic N) is 1. The number of ketones is 1. The van der Waals surface area contributed by atoms with Crippen molar-refractivity contribution in [3.05, 3.63) is 29.8 Å². The van der Waals surface area contributed by atoms with Gasteiger partial charge in [0.2, 0.25) is 0 Å². The maximum Gasteiger partial charge on any atom is 0.323 e. The predicted molar refractivity (Wildman–Crippen MR) is 95.2 cm³/mol. The second-order valence-corrected chi connectivity index (χ2v) is 7.28. The molecule has 0 bridgehead atoms. The summed E-state index contributed by atoms with van der Waals surface area (Å²) < 4.78 is 0. The van der Waals surface area contributed by atoms with E-state index in [4.69, 9.17) is 0 Å². The minimum absolute atomic E-state index is 0.308. The number of piperidine rings is 1. The van der Waals surface area contributed by atoms with E-state index in [-0.39, 0.29) is 0 Å². The molecule has 0 radical (unpaired) electrons. The topological polar surface area (TPSA) is 69.6 Å². The monoisotopic (exact) mass is 332 g/mol. The van der Waals surface area contributed by atoms with Gasteiger partial charge in [0.15, 0.2) is 0 Å². The molecule has 0 spiro atoms. The highest BCUT2D eigenvalue weighted by atomic mass is 16.4. The zero-order chi connectivity index (χ0) is 17.7. The predicted octanol–water partition coefficient (Wildman–Crippen LogP) is 2.83. The van der Waals surface area contributed by atoms with Gasteiger partial charge in [0.1, 0.15) is 11.3 Å². The Hall–Kier alpha value is -1.88. The van der Waals surface area contributed by atoms with E-state index in [9.17, 15) is 14.7 Å². The Balaban J connectivity index is 1.96. The van der Waals surface area contributed by atoms with E-state index in [0.29, 0.717) is 37.5 Å². The van der Waals surface area contributed by atoms with E-state index in [2.05, 4.69) is 10.2 Å². The maximum absolute atomic E-state index is 11.6. The average Bonchev–Trinajstić information content (AvgIpc) is 2.53. The van der Waals surface area contributed by atoms with Crippen molar-refractivity contribution < 1.29 is 14.7 Å². The second-order valence-electron chi connectivity index (χ2n) is 7.28. The molecule has 1 aliphatic heterocycles. The summed E-state index contributed by atoms with van der Waals surface area (Å²) in [6.45, 7) is 7.88. The first-order valence-corrected chi connectivity index (χ1v) is 8.64. The molecule has 1 atom stereocenters. The molecule has 0 unspecified atom stereocenters. The first-order chi connectivity index (χ1) is 11.3. The molecule has 1 saturated heterocycles. The van der Waals surface area contributed by atoms with Gasteiger partial charge in [0.25, 0.3) is 0 Å². The van der Waals surface area contributed by atoms with Gasteiger partial charge in [-0.05, 0) is 37.0 Å². The van der Waals surface area contributed by atoms with Crippen LogP contribution in [0.5, 0.6) is 0 Å². The quantitative estimate of drug-likeness (QED) is 0.803. The molecule has 5 nitrogen and oxygen atoms in total. The van der Waals surface area contributed by atoms with Gasteiger partial charge in [-0.1, -0.05) is 26.0 Å². The number of rotatable bonds is 7. The van der Waals surface area contributed by atoms with Gasteiger partial charge in [-0.15, -0.1) is 0 Å². The number of anilines is 1. The summed E-state index contributed by atoms with van der Waals surface area (Å²) in [4.78, 5) is 25.1. The van der Waals surface area contributed by atoms with Crippen LogP contribution in [0.25, 0.3) is 0 Å². The molecule has 2 rings (SSSR count). The highest BCUT2D eigenvalue weighted by Gasteiger charge is 2.33. The van der Waals surface area contributed by atoms with E-state index in [1.165, 1.54) is 0 Å². The number of hydrogen-bond acceptors (Lipinski definition) is 4. The SMILES string of the molecule is CC(C)C[C@](C)(NCc1ccc(N2CCC(=O)CC2)cc1)C(=O)O. The summed E-state index contributed by atoms with van der Waals surface area (Å²) in [6, 6.07) is 8.15. The number of benzene rings is 1. The summed E-state index contributed by atoms with van der Waals surface area (Å²) in [5, 5.41) is 12.7. The van der Waals surface area contributed by atoms with E-state index in [1.54, 1.807) is 6.92 Å². The van der Waals surface area contributed by atoms with Crippen molar-refractivity contribution in [3.8, 4) is 0 Å². The lowest BCUT2D eigenvalue weighted by atomic mass is 9.90. The third-order valence-corrected chi connectivity index (χ3v) is 4.59. The molecule has 1 fully saturated rings. The van der Waals surface area contributed by atoms with Crippen molar-refractivity contribution >= 4 is 17.4 Å². The molecule has 1 heterocycles. The standard InChI is InChI=1S/C19H28N2O3/c1-14(2)12-19(3,18(23)24)20-13-15-4-6-16(7-5-15)21-10-8-17(22)9-11-21/h4-7,14,20H,8-13H2,1-3H3,(H,23,24)/t19-/m0/s1. The molecule has 0 aromatic heterocycles. The zero-order valence-electron chi connectivity index (χ0n) is 14.8. The molecule has 0 aliphatic carbocycles. The number of Topliss-reactive ketones (excluding diaryl/α,β-unsaturated/α-hetero) is 1. The van der Waals surface area contributed by atoms with Crippen LogP contribution in [0.2, 0.25) is 0 Å². The van der Waals surface area contributed by atoms with Crippen LogP contribution in [0.15, 0.2) is 24.3 Å². The summed E-state index contributed by atoms with van der Waals surface area (Å²) in [6.07, 6.45) is 1.83.